The third kappa shape index (κ3) is 6.83. The number of nitro benzene ring substituents is 1. The van der Waals surface area contributed by atoms with Gasteiger partial charge in [0.2, 0.25) is 0 Å². The van der Waals surface area contributed by atoms with Gasteiger partial charge in [0.05, 0.1) is 4.92 Å². The van der Waals surface area contributed by atoms with E-state index in [0.29, 0.717) is 30.6 Å². The fraction of sp³-hybridized carbons (Fsp3) is 0.182. The van der Waals surface area contributed by atoms with Crippen molar-refractivity contribution < 1.29 is 9.72 Å². The lowest BCUT2D eigenvalue weighted by Crippen LogP contribution is -2.34. The van der Waals surface area contributed by atoms with Crippen molar-refractivity contribution in [2.45, 2.75) is 26.2 Å². The van der Waals surface area contributed by atoms with Crippen LogP contribution in [0.15, 0.2) is 115 Å². The number of aryl methyl sites for hydroxylation is 1. The molecule has 4 rings (SSSR count). The normalized spacial score (nSPS) is 11.4. The van der Waals surface area contributed by atoms with E-state index in [-0.39, 0.29) is 17.5 Å². The molecule has 0 atom stereocenters. The minimum atomic E-state index is -0.433. The maximum atomic E-state index is 13.8. The van der Waals surface area contributed by atoms with Crippen LogP contribution in [0.25, 0.3) is 6.08 Å². The van der Waals surface area contributed by atoms with Crippen LogP contribution in [0, 0.1) is 17.0 Å². The second kappa shape index (κ2) is 12.6. The molecule has 0 bridgehead atoms. The Morgan fingerprint density at radius 1 is 0.868 bits per heavy atom. The van der Waals surface area contributed by atoms with Crippen molar-refractivity contribution in [2.24, 2.45) is 0 Å². The maximum absolute atomic E-state index is 13.8. The second-order valence-corrected chi connectivity index (χ2v) is 9.55. The Labute approximate surface area is 224 Å². The average Bonchev–Trinajstić information content (AvgIpc) is 2.94. The Morgan fingerprint density at radius 3 is 1.97 bits per heavy atom. The topological polar surface area (TPSA) is 63.5 Å². The van der Waals surface area contributed by atoms with E-state index in [1.807, 2.05) is 78.6 Å². The highest BCUT2D eigenvalue weighted by Crippen LogP contribution is 2.29. The molecular weight excluding hydrogens is 472 g/mol. The van der Waals surface area contributed by atoms with E-state index in [4.69, 9.17) is 0 Å². The van der Waals surface area contributed by atoms with E-state index in [9.17, 15) is 14.9 Å². The maximum Gasteiger partial charge on any atom is 0.273 e. The van der Waals surface area contributed by atoms with Crippen LogP contribution in [0.1, 0.15) is 51.9 Å². The minimum absolute atomic E-state index is 0.0428. The number of hydrogen-bond donors (Lipinski definition) is 0. The number of carbonyl (C=O) groups is 1. The summed E-state index contributed by atoms with van der Waals surface area (Å²) >= 11 is 0. The molecule has 5 heteroatoms. The van der Waals surface area contributed by atoms with Crippen LogP contribution in [0.5, 0.6) is 0 Å². The van der Waals surface area contributed by atoms with E-state index in [1.165, 1.54) is 17.2 Å². The smallest absolute Gasteiger partial charge is 0.273 e. The molecule has 4 aromatic rings. The molecule has 192 valence electrons. The van der Waals surface area contributed by atoms with Crippen molar-refractivity contribution in [3.05, 3.63) is 153 Å². The number of amides is 1. The molecule has 0 unspecified atom stereocenters. The van der Waals surface area contributed by atoms with Gasteiger partial charge in [0, 0.05) is 36.2 Å². The van der Waals surface area contributed by atoms with Gasteiger partial charge in [0.25, 0.3) is 11.6 Å². The molecule has 0 aliphatic carbocycles. The van der Waals surface area contributed by atoms with Gasteiger partial charge >= 0.3 is 0 Å². The summed E-state index contributed by atoms with van der Waals surface area (Å²) in [5.74, 6) is -0.104. The number of rotatable bonds is 10. The minimum Gasteiger partial charge on any atom is -0.335 e. The van der Waals surface area contributed by atoms with Gasteiger partial charge < -0.3 is 4.90 Å². The van der Waals surface area contributed by atoms with Gasteiger partial charge in [-0.3, -0.25) is 14.9 Å². The van der Waals surface area contributed by atoms with Crippen molar-refractivity contribution in [3.63, 3.8) is 0 Å². The van der Waals surface area contributed by atoms with Crippen LogP contribution >= 0.6 is 0 Å². The molecule has 38 heavy (non-hydrogen) atoms. The molecule has 0 heterocycles. The van der Waals surface area contributed by atoms with Gasteiger partial charge in [-0.15, -0.1) is 0 Å². The predicted octanol–water partition coefficient (Wildman–Crippen LogP) is 7.67. The molecule has 0 aliphatic heterocycles. The predicted molar refractivity (Wildman–Crippen MR) is 153 cm³/mol. The first-order valence-corrected chi connectivity index (χ1v) is 12.8. The second-order valence-electron chi connectivity index (χ2n) is 9.55. The highest BCUT2D eigenvalue weighted by molar-refractivity contribution is 5.95. The summed E-state index contributed by atoms with van der Waals surface area (Å²) in [6, 6.07) is 35.3. The molecule has 1 amide bonds. The monoisotopic (exact) mass is 504 g/mol. The van der Waals surface area contributed by atoms with Crippen LogP contribution < -0.4 is 0 Å². The van der Waals surface area contributed by atoms with Gasteiger partial charge in [-0.2, -0.15) is 0 Å². The number of carbonyl (C=O) groups excluding carboxylic acids is 1. The van der Waals surface area contributed by atoms with Crippen molar-refractivity contribution >= 4 is 17.7 Å². The average molecular weight is 505 g/mol. The summed E-state index contributed by atoms with van der Waals surface area (Å²) < 4.78 is 0. The number of benzene rings is 4. The van der Waals surface area contributed by atoms with Crippen molar-refractivity contribution in [1.82, 2.24) is 4.90 Å². The molecule has 0 spiro atoms. The number of nitro groups is 1. The summed E-state index contributed by atoms with van der Waals surface area (Å²) in [7, 11) is 0. The first-order valence-electron chi connectivity index (χ1n) is 12.8. The van der Waals surface area contributed by atoms with Gasteiger partial charge in [0.1, 0.15) is 0 Å². The van der Waals surface area contributed by atoms with E-state index in [0.717, 1.165) is 11.1 Å². The van der Waals surface area contributed by atoms with Crippen LogP contribution in [0.3, 0.4) is 0 Å². The molecule has 0 aromatic heterocycles. The summed E-state index contributed by atoms with van der Waals surface area (Å²) in [4.78, 5) is 26.7. The highest BCUT2D eigenvalue weighted by Gasteiger charge is 2.22. The van der Waals surface area contributed by atoms with Gasteiger partial charge in [0.15, 0.2) is 0 Å². The quantitative estimate of drug-likeness (QED) is 0.164. The van der Waals surface area contributed by atoms with Gasteiger partial charge in [-0.25, -0.2) is 0 Å². The summed E-state index contributed by atoms with van der Waals surface area (Å²) in [6.45, 7) is 4.61. The van der Waals surface area contributed by atoms with E-state index in [2.05, 4.69) is 30.3 Å². The third-order valence-electron chi connectivity index (χ3n) is 6.68. The molecule has 0 radical (unpaired) electrons. The zero-order valence-electron chi connectivity index (χ0n) is 21.8. The highest BCUT2D eigenvalue weighted by atomic mass is 16.6. The molecule has 0 aliphatic rings. The fourth-order valence-corrected chi connectivity index (χ4v) is 4.74. The molecule has 0 saturated carbocycles. The lowest BCUT2D eigenvalue weighted by molar-refractivity contribution is -0.385. The molecule has 0 fully saturated rings. The summed E-state index contributed by atoms with van der Waals surface area (Å²) in [5.41, 5.74) is 5.29. The lowest BCUT2D eigenvalue weighted by atomic mass is 9.88. The van der Waals surface area contributed by atoms with E-state index in [1.54, 1.807) is 19.1 Å². The Kier molecular flexibility index (Phi) is 8.83. The van der Waals surface area contributed by atoms with Gasteiger partial charge in [-0.1, -0.05) is 109 Å². The van der Waals surface area contributed by atoms with Crippen LogP contribution in [-0.4, -0.2) is 28.8 Å². The van der Waals surface area contributed by atoms with Crippen LogP contribution in [-0.2, 0) is 0 Å². The Hall–Kier alpha value is -4.51. The number of nitrogens with zero attached hydrogens (tertiary/aromatic N) is 2. The van der Waals surface area contributed by atoms with Crippen molar-refractivity contribution in [2.75, 3.05) is 13.1 Å². The number of hydrogen-bond acceptors (Lipinski definition) is 3. The first kappa shape index (κ1) is 26.6. The van der Waals surface area contributed by atoms with Crippen LogP contribution in [0.2, 0.25) is 0 Å². The first-order chi connectivity index (χ1) is 18.4. The molecular formula is C33H32N2O3. The largest absolute Gasteiger partial charge is 0.335 e. The molecule has 0 N–H and O–H groups in total. The van der Waals surface area contributed by atoms with E-state index < -0.39 is 4.92 Å². The Morgan fingerprint density at radius 2 is 1.42 bits per heavy atom. The van der Waals surface area contributed by atoms with Crippen molar-refractivity contribution in [1.29, 1.82) is 0 Å². The summed E-state index contributed by atoms with van der Waals surface area (Å²) in [5, 5.41) is 11.5. The Bertz CT molecular complexity index is 1360. The third-order valence-corrected chi connectivity index (χ3v) is 6.68. The van der Waals surface area contributed by atoms with Crippen molar-refractivity contribution in [3.8, 4) is 0 Å². The fourth-order valence-electron chi connectivity index (χ4n) is 4.74. The van der Waals surface area contributed by atoms with Crippen LogP contribution in [0.4, 0.5) is 5.69 Å². The molecule has 4 aromatic carbocycles. The SMILES string of the molecule is C/C(=C/c1ccccc1)CN(CCC(c1ccccc1)c1ccccc1)C(=O)c1ccc(C)c([N+](=O)[O-])c1. The molecule has 0 saturated heterocycles. The zero-order valence-corrected chi connectivity index (χ0v) is 21.8. The Balaban J connectivity index is 1.65. The lowest BCUT2D eigenvalue weighted by Gasteiger charge is -2.27. The zero-order chi connectivity index (χ0) is 26.9. The summed E-state index contributed by atoms with van der Waals surface area (Å²) in [6.07, 6.45) is 2.79. The van der Waals surface area contributed by atoms with E-state index >= 15 is 0 Å². The van der Waals surface area contributed by atoms with Gasteiger partial charge in [-0.05, 0) is 43.0 Å². The standard InChI is InChI=1S/C33H32N2O3/c1-25(22-27-12-6-3-7-13-27)24-34(33(36)30-19-18-26(2)32(23-30)35(37)38)21-20-31(28-14-8-4-9-15-28)29-16-10-5-11-17-29/h3-19,22-23,31H,20-21,24H2,1-2H3/b25-22-. The molecule has 5 nitrogen and oxygen atoms in total.